The van der Waals surface area contributed by atoms with E-state index in [1.54, 1.807) is 30.3 Å². The highest BCUT2D eigenvalue weighted by Gasteiger charge is 2.50. The van der Waals surface area contributed by atoms with Crippen LogP contribution in [0.15, 0.2) is 65.7 Å². The largest absolute Gasteiger partial charge is 0.369 e. The molecule has 0 radical (unpaired) electrons. The van der Waals surface area contributed by atoms with E-state index in [4.69, 9.17) is 0 Å². The molecule has 2 aromatic rings. The second kappa shape index (κ2) is 6.85. The number of nitrogens with zero attached hydrogens (tertiary/aromatic N) is 2. The van der Waals surface area contributed by atoms with Crippen LogP contribution in [-0.4, -0.2) is 39.7 Å². The van der Waals surface area contributed by atoms with Crippen molar-refractivity contribution in [1.82, 2.24) is 4.90 Å². The van der Waals surface area contributed by atoms with E-state index in [1.165, 1.54) is 30.0 Å². The van der Waals surface area contributed by atoms with Gasteiger partial charge in [-0.1, -0.05) is 54.2 Å². The predicted molar refractivity (Wildman–Crippen MR) is 100 cm³/mol. The summed E-state index contributed by atoms with van der Waals surface area (Å²) >= 11 is 1.46. The van der Waals surface area contributed by atoms with Crippen molar-refractivity contribution in [2.24, 2.45) is 4.99 Å². The maximum atomic E-state index is 14.7. The van der Waals surface area contributed by atoms with Crippen LogP contribution in [0.3, 0.4) is 0 Å². The molecule has 0 aliphatic carbocycles. The van der Waals surface area contributed by atoms with Gasteiger partial charge in [-0.05, 0) is 23.8 Å². The fraction of sp³-hybridized carbons (Fsp3) is 0.250. The lowest BCUT2D eigenvalue weighted by atomic mass is 9.82. The van der Waals surface area contributed by atoms with Crippen molar-refractivity contribution in [3.63, 3.8) is 0 Å². The summed E-state index contributed by atoms with van der Waals surface area (Å²) in [7, 11) is 0. The van der Waals surface area contributed by atoms with Crippen LogP contribution in [0.4, 0.5) is 8.78 Å². The Kier molecular flexibility index (Phi) is 4.54. The number of amidine groups is 1. The molecule has 2 heterocycles. The number of fused-ring (bicyclic) bond motifs is 1. The fourth-order valence-electron chi connectivity index (χ4n) is 3.54. The van der Waals surface area contributed by atoms with Crippen molar-refractivity contribution in [2.45, 2.75) is 11.6 Å². The Bertz CT molecular complexity index is 868. The standard InChI is InChI=1S/C20H18F2N2OS/c21-15-9-7-14(8-10-15)18(16-5-1-2-6-17(16)22)20(25)13-26-19-23-11-3-4-12-24(19)20/h1-10,18,25H,11-13H2. The number of thioether (sulfide) groups is 1. The molecule has 2 aromatic carbocycles. The summed E-state index contributed by atoms with van der Waals surface area (Å²) in [6.07, 6.45) is 3.90. The minimum Gasteiger partial charge on any atom is -0.369 e. The molecule has 0 bridgehead atoms. The SMILES string of the molecule is OC1(C(c2ccc(F)cc2)c2ccccc2F)CSC2=NCC=CCN21. The van der Waals surface area contributed by atoms with E-state index in [0.29, 0.717) is 30.0 Å². The molecule has 0 aromatic heterocycles. The number of halogens is 2. The normalized spacial score (nSPS) is 23.3. The molecule has 6 heteroatoms. The van der Waals surface area contributed by atoms with Crippen molar-refractivity contribution in [1.29, 1.82) is 0 Å². The van der Waals surface area contributed by atoms with Crippen LogP contribution in [0.25, 0.3) is 0 Å². The van der Waals surface area contributed by atoms with Gasteiger partial charge in [0.2, 0.25) is 0 Å². The summed E-state index contributed by atoms with van der Waals surface area (Å²) in [6.45, 7) is 1.06. The molecule has 4 rings (SSSR count). The number of hydrogen-bond acceptors (Lipinski definition) is 4. The number of hydrogen-bond donors (Lipinski definition) is 1. The van der Waals surface area contributed by atoms with Crippen LogP contribution in [0.2, 0.25) is 0 Å². The quantitative estimate of drug-likeness (QED) is 0.834. The van der Waals surface area contributed by atoms with Gasteiger partial charge in [-0.3, -0.25) is 4.99 Å². The molecule has 1 N–H and O–H groups in total. The van der Waals surface area contributed by atoms with Gasteiger partial charge in [0.25, 0.3) is 0 Å². The average molecular weight is 372 g/mol. The molecule has 0 saturated carbocycles. The summed E-state index contributed by atoms with van der Waals surface area (Å²) in [5.74, 6) is -1.07. The topological polar surface area (TPSA) is 35.8 Å². The monoisotopic (exact) mass is 372 g/mol. The second-order valence-corrected chi connectivity index (χ2v) is 7.32. The van der Waals surface area contributed by atoms with Gasteiger partial charge in [0.15, 0.2) is 10.9 Å². The van der Waals surface area contributed by atoms with Gasteiger partial charge in [-0.2, -0.15) is 0 Å². The molecule has 0 spiro atoms. The third-order valence-corrected chi connectivity index (χ3v) is 5.96. The van der Waals surface area contributed by atoms with Gasteiger partial charge < -0.3 is 10.0 Å². The zero-order chi connectivity index (χ0) is 18.1. The van der Waals surface area contributed by atoms with Crippen LogP contribution >= 0.6 is 11.8 Å². The Hall–Kier alpha value is -2.18. The van der Waals surface area contributed by atoms with Gasteiger partial charge in [0.05, 0.1) is 18.2 Å². The number of benzene rings is 2. The van der Waals surface area contributed by atoms with Crippen LogP contribution in [-0.2, 0) is 0 Å². The zero-order valence-electron chi connectivity index (χ0n) is 14.0. The minimum atomic E-state index is -1.36. The van der Waals surface area contributed by atoms with Crippen molar-refractivity contribution in [2.75, 3.05) is 18.8 Å². The maximum Gasteiger partial charge on any atom is 0.162 e. The molecule has 1 fully saturated rings. The molecule has 26 heavy (non-hydrogen) atoms. The highest BCUT2D eigenvalue weighted by atomic mass is 32.2. The third-order valence-electron chi connectivity index (χ3n) is 4.78. The van der Waals surface area contributed by atoms with Gasteiger partial charge in [-0.25, -0.2) is 8.78 Å². The highest BCUT2D eigenvalue weighted by Crippen LogP contribution is 2.45. The van der Waals surface area contributed by atoms with E-state index in [2.05, 4.69) is 4.99 Å². The lowest BCUT2D eigenvalue weighted by Gasteiger charge is -2.40. The number of rotatable bonds is 3. The van der Waals surface area contributed by atoms with Gasteiger partial charge in [-0.15, -0.1) is 0 Å². The zero-order valence-corrected chi connectivity index (χ0v) is 14.8. The van der Waals surface area contributed by atoms with Gasteiger partial charge >= 0.3 is 0 Å². The lowest BCUT2D eigenvalue weighted by Crippen LogP contribution is -2.52. The van der Waals surface area contributed by atoms with E-state index in [0.717, 1.165) is 5.17 Å². The van der Waals surface area contributed by atoms with Crippen LogP contribution in [0.1, 0.15) is 17.0 Å². The van der Waals surface area contributed by atoms with E-state index in [-0.39, 0.29) is 5.82 Å². The number of aliphatic imine (C=N–C) groups is 1. The second-order valence-electron chi connectivity index (χ2n) is 6.38. The van der Waals surface area contributed by atoms with Gasteiger partial charge in [0, 0.05) is 12.1 Å². The third kappa shape index (κ3) is 2.93. The van der Waals surface area contributed by atoms with Crippen molar-refractivity contribution < 1.29 is 13.9 Å². The Morgan fingerprint density at radius 1 is 1.08 bits per heavy atom. The Balaban J connectivity index is 1.86. The average Bonchev–Trinajstić information content (AvgIpc) is 2.82. The molecular weight excluding hydrogens is 354 g/mol. The summed E-state index contributed by atoms with van der Waals surface area (Å²) < 4.78 is 28.1. The first-order valence-electron chi connectivity index (χ1n) is 8.42. The molecule has 1 saturated heterocycles. The summed E-state index contributed by atoms with van der Waals surface area (Å²) in [5, 5.41) is 12.5. The van der Waals surface area contributed by atoms with E-state index in [1.807, 2.05) is 17.1 Å². The van der Waals surface area contributed by atoms with Crippen molar-refractivity contribution in [3.8, 4) is 0 Å². The smallest absolute Gasteiger partial charge is 0.162 e. The predicted octanol–water partition coefficient (Wildman–Crippen LogP) is 3.76. The van der Waals surface area contributed by atoms with E-state index < -0.39 is 17.5 Å². The Labute approximate surface area is 155 Å². The van der Waals surface area contributed by atoms with Crippen LogP contribution in [0.5, 0.6) is 0 Å². The Morgan fingerprint density at radius 2 is 1.85 bits per heavy atom. The molecule has 0 amide bonds. The van der Waals surface area contributed by atoms with Gasteiger partial charge in [0.1, 0.15) is 11.6 Å². The summed E-state index contributed by atoms with van der Waals surface area (Å²) in [4.78, 5) is 6.31. The molecule has 134 valence electrons. The summed E-state index contributed by atoms with van der Waals surface area (Å²) in [6, 6.07) is 12.3. The van der Waals surface area contributed by atoms with Crippen LogP contribution < -0.4 is 0 Å². The van der Waals surface area contributed by atoms with Crippen molar-refractivity contribution in [3.05, 3.63) is 83.4 Å². The minimum absolute atomic E-state index is 0.357. The highest BCUT2D eigenvalue weighted by molar-refractivity contribution is 8.14. The Morgan fingerprint density at radius 3 is 2.62 bits per heavy atom. The lowest BCUT2D eigenvalue weighted by molar-refractivity contribution is -0.0510. The van der Waals surface area contributed by atoms with Crippen LogP contribution in [0, 0.1) is 11.6 Å². The fourth-order valence-corrected chi connectivity index (χ4v) is 4.76. The molecule has 2 atom stereocenters. The van der Waals surface area contributed by atoms with E-state index in [9.17, 15) is 13.9 Å². The van der Waals surface area contributed by atoms with E-state index >= 15 is 0 Å². The maximum absolute atomic E-state index is 14.7. The molecular formula is C20H18F2N2OS. The first-order chi connectivity index (χ1) is 12.6. The number of aliphatic hydroxyl groups is 1. The molecule has 3 nitrogen and oxygen atoms in total. The molecule has 2 aliphatic heterocycles. The molecule has 2 unspecified atom stereocenters. The van der Waals surface area contributed by atoms with Crippen molar-refractivity contribution >= 4 is 16.9 Å². The first kappa shape index (κ1) is 17.2. The first-order valence-corrected chi connectivity index (χ1v) is 9.40. The molecule has 2 aliphatic rings. The summed E-state index contributed by atoms with van der Waals surface area (Å²) in [5.41, 5.74) is -0.316.